The van der Waals surface area contributed by atoms with Crippen molar-refractivity contribution in [1.82, 2.24) is 9.80 Å². The van der Waals surface area contributed by atoms with Gasteiger partial charge in [-0.3, -0.25) is 9.80 Å². The first-order chi connectivity index (χ1) is 19.0. The molecule has 2 saturated heterocycles. The summed E-state index contributed by atoms with van der Waals surface area (Å²) in [4.78, 5) is 30.6. The Balaban J connectivity index is 1.73. The van der Waals surface area contributed by atoms with Crippen LogP contribution in [-0.4, -0.2) is 79.5 Å². The lowest BCUT2D eigenvalue weighted by atomic mass is 9.92. The summed E-state index contributed by atoms with van der Waals surface area (Å²) in [5.41, 5.74) is -5.83. The van der Waals surface area contributed by atoms with Crippen LogP contribution in [0.4, 0.5) is 51.7 Å². The van der Waals surface area contributed by atoms with Gasteiger partial charge in [-0.2, -0.15) is 26.3 Å². The average molecular weight is 593 g/mol. The van der Waals surface area contributed by atoms with Crippen LogP contribution in [0, 0.1) is 5.82 Å². The van der Waals surface area contributed by atoms with Crippen molar-refractivity contribution in [2.24, 2.45) is 0 Å². The van der Waals surface area contributed by atoms with Gasteiger partial charge in [0.2, 0.25) is 0 Å². The van der Waals surface area contributed by atoms with Crippen molar-refractivity contribution in [2.75, 3.05) is 56.6 Å². The fraction of sp³-hybridized carbons (Fsp3) is 0.462. The van der Waals surface area contributed by atoms with Crippen molar-refractivity contribution in [3.05, 3.63) is 53.3 Å². The molecule has 1 atom stereocenters. The first-order valence-electron chi connectivity index (χ1n) is 12.5. The molecule has 15 heteroatoms. The highest BCUT2D eigenvalue weighted by Gasteiger charge is 2.45. The molecule has 1 unspecified atom stereocenters. The number of likely N-dealkylation sites (N-methyl/N-ethyl adjacent to an activating group) is 1. The number of ether oxygens (including phenoxy) is 1. The minimum atomic E-state index is -5.41. The van der Waals surface area contributed by atoms with E-state index in [1.807, 2.05) is 4.90 Å². The summed E-state index contributed by atoms with van der Waals surface area (Å²) in [7, 11) is 2.88. The number of rotatable bonds is 5. The molecule has 0 radical (unpaired) electrons. The number of hydrogen-bond acceptors (Lipinski definition) is 5. The molecule has 2 aliphatic heterocycles. The molecule has 2 heterocycles. The third-order valence-corrected chi connectivity index (χ3v) is 7.00. The van der Waals surface area contributed by atoms with Crippen LogP contribution >= 0.6 is 0 Å². The number of β-amino-alcohol motifs (C(OH)–C–C–N with tert-alkyl or cyclic N) is 1. The molecule has 0 bridgehead atoms. The molecule has 2 aliphatic rings. The second-order valence-corrected chi connectivity index (χ2v) is 10.2. The molecule has 3 amide bonds. The number of halogens is 7. The van der Waals surface area contributed by atoms with Gasteiger partial charge in [0.05, 0.1) is 23.4 Å². The van der Waals surface area contributed by atoms with Crippen molar-refractivity contribution < 1.29 is 50.2 Å². The van der Waals surface area contributed by atoms with Crippen LogP contribution in [0.1, 0.15) is 24.0 Å². The summed E-state index contributed by atoms with van der Waals surface area (Å²) in [6.45, 7) is 0.304. The Bertz CT molecular complexity index is 1300. The lowest BCUT2D eigenvalue weighted by Crippen LogP contribution is -2.54. The number of benzene rings is 2. The topological polar surface area (TPSA) is 76.6 Å². The second kappa shape index (κ2) is 11.0. The molecule has 4 rings (SSSR count). The van der Waals surface area contributed by atoms with Gasteiger partial charge in [0.1, 0.15) is 11.4 Å². The lowest BCUT2D eigenvalue weighted by molar-refractivity contribution is -0.143. The standard InChI is InChI=1S/C26H27F7N4O4/c1-34-9-3-8-24(40,14-34)15-36-10-11-37(22(36)38)20-13-16(25(28,29)30)12-19(26(31,32)33)21(20)41-23(39)35(2)18-6-4-17(27)5-7-18/h4-7,12-13,40H,3,8-11,14-15H2,1-2H3. The molecule has 8 nitrogen and oxygen atoms in total. The number of carbonyl (C=O) groups is 2. The van der Waals surface area contributed by atoms with E-state index in [2.05, 4.69) is 0 Å². The lowest BCUT2D eigenvalue weighted by Gasteiger charge is -2.39. The van der Waals surface area contributed by atoms with Crippen LogP contribution in [0.3, 0.4) is 0 Å². The zero-order chi connectivity index (χ0) is 30.3. The largest absolute Gasteiger partial charge is 0.420 e. The maximum Gasteiger partial charge on any atom is 0.420 e. The van der Waals surface area contributed by atoms with E-state index in [1.54, 1.807) is 7.05 Å². The van der Waals surface area contributed by atoms with Crippen molar-refractivity contribution in [1.29, 1.82) is 0 Å². The van der Waals surface area contributed by atoms with Crippen LogP contribution < -0.4 is 14.5 Å². The van der Waals surface area contributed by atoms with Gasteiger partial charge < -0.3 is 19.6 Å². The van der Waals surface area contributed by atoms with E-state index in [4.69, 9.17) is 4.74 Å². The first kappa shape index (κ1) is 30.4. The molecule has 224 valence electrons. The van der Waals surface area contributed by atoms with Gasteiger partial charge in [0.15, 0.2) is 5.75 Å². The monoisotopic (exact) mass is 592 g/mol. The highest BCUT2D eigenvalue weighted by molar-refractivity contribution is 5.97. The molecule has 2 aromatic carbocycles. The van der Waals surface area contributed by atoms with Gasteiger partial charge in [-0.05, 0) is 62.8 Å². The van der Waals surface area contributed by atoms with Crippen LogP contribution in [0.5, 0.6) is 5.75 Å². The number of likely N-dealkylation sites (tertiary alicyclic amines) is 1. The molecule has 2 aromatic rings. The summed E-state index contributed by atoms with van der Waals surface area (Å²) in [6, 6.07) is 3.43. The van der Waals surface area contributed by atoms with E-state index < -0.39 is 58.5 Å². The Morgan fingerprint density at radius 3 is 2.29 bits per heavy atom. The van der Waals surface area contributed by atoms with Gasteiger partial charge in [-0.15, -0.1) is 0 Å². The molecule has 0 aromatic heterocycles. The van der Waals surface area contributed by atoms with Gasteiger partial charge in [-0.25, -0.2) is 14.0 Å². The van der Waals surface area contributed by atoms with Gasteiger partial charge in [0, 0.05) is 32.4 Å². The number of alkyl halides is 6. The number of urea groups is 1. The first-order valence-corrected chi connectivity index (χ1v) is 12.5. The number of aliphatic hydroxyl groups is 1. The number of nitrogens with zero attached hydrogens (tertiary/aromatic N) is 4. The van der Waals surface area contributed by atoms with Crippen LogP contribution in [0.25, 0.3) is 0 Å². The minimum absolute atomic E-state index is 0.0209. The number of carbonyl (C=O) groups excluding carboxylic acids is 2. The van der Waals surface area contributed by atoms with E-state index in [-0.39, 0.29) is 37.9 Å². The Morgan fingerprint density at radius 2 is 1.71 bits per heavy atom. The molecule has 41 heavy (non-hydrogen) atoms. The van der Waals surface area contributed by atoms with E-state index in [9.17, 15) is 45.4 Å². The van der Waals surface area contributed by atoms with Crippen LogP contribution in [0.15, 0.2) is 36.4 Å². The normalized spacial score (nSPS) is 20.5. The molecular weight excluding hydrogens is 565 g/mol. The minimum Gasteiger partial charge on any atom is -0.407 e. The maximum absolute atomic E-state index is 14.1. The third kappa shape index (κ3) is 6.67. The maximum atomic E-state index is 14.1. The quantitative estimate of drug-likeness (QED) is 0.484. The molecule has 1 N–H and O–H groups in total. The highest BCUT2D eigenvalue weighted by Crippen LogP contribution is 2.47. The summed E-state index contributed by atoms with van der Waals surface area (Å²) in [6.07, 6.45) is -11.1. The fourth-order valence-electron chi connectivity index (χ4n) is 5.00. The fourth-order valence-corrected chi connectivity index (χ4v) is 5.00. The van der Waals surface area contributed by atoms with Crippen molar-refractivity contribution in [3.63, 3.8) is 0 Å². The number of piperidine rings is 1. The van der Waals surface area contributed by atoms with Gasteiger partial charge in [0.25, 0.3) is 0 Å². The zero-order valence-corrected chi connectivity index (χ0v) is 22.0. The molecule has 0 spiro atoms. The Hall–Kier alpha value is -3.59. The number of amides is 3. The summed E-state index contributed by atoms with van der Waals surface area (Å²) in [5.74, 6) is -1.95. The third-order valence-electron chi connectivity index (χ3n) is 7.00. The van der Waals surface area contributed by atoms with Crippen LogP contribution in [-0.2, 0) is 12.4 Å². The van der Waals surface area contributed by atoms with Crippen LogP contribution in [0.2, 0.25) is 0 Å². The zero-order valence-electron chi connectivity index (χ0n) is 22.0. The SMILES string of the molecule is CN1CCCC(O)(CN2CCN(c3cc(C(F)(F)F)cc(C(F)(F)F)c3OC(=O)N(C)c3ccc(F)cc3)C2=O)C1. The van der Waals surface area contributed by atoms with E-state index in [0.717, 1.165) is 41.1 Å². The van der Waals surface area contributed by atoms with E-state index >= 15 is 0 Å². The van der Waals surface area contributed by atoms with Crippen molar-refractivity contribution >= 4 is 23.5 Å². The number of hydrogen-bond donors (Lipinski definition) is 1. The molecular formula is C26H27F7N4O4. The van der Waals surface area contributed by atoms with Gasteiger partial charge in [-0.1, -0.05) is 0 Å². The second-order valence-electron chi connectivity index (χ2n) is 10.2. The summed E-state index contributed by atoms with van der Waals surface area (Å²) >= 11 is 0. The van der Waals surface area contributed by atoms with Crippen molar-refractivity contribution in [3.8, 4) is 5.75 Å². The molecule has 0 saturated carbocycles. The van der Waals surface area contributed by atoms with Crippen molar-refractivity contribution in [2.45, 2.75) is 30.8 Å². The van der Waals surface area contributed by atoms with Gasteiger partial charge >= 0.3 is 24.5 Å². The predicted molar refractivity (Wildman–Crippen MR) is 133 cm³/mol. The average Bonchev–Trinajstić information content (AvgIpc) is 3.21. The Kier molecular flexibility index (Phi) is 8.15. The van der Waals surface area contributed by atoms with E-state index in [0.29, 0.717) is 30.4 Å². The molecule has 2 fully saturated rings. The number of anilines is 2. The Morgan fingerprint density at radius 1 is 1.05 bits per heavy atom. The Labute approximate surface area is 230 Å². The predicted octanol–water partition coefficient (Wildman–Crippen LogP) is 5.20. The smallest absolute Gasteiger partial charge is 0.407 e. The molecule has 0 aliphatic carbocycles. The van der Waals surface area contributed by atoms with E-state index in [1.165, 1.54) is 0 Å². The highest BCUT2D eigenvalue weighted by atomic mass is 19.4. The summed E-state index contributed by atoms with van der Waals surface area (Å²) < 4.78 is 102. The summed E-state index contributed by atoms with van der Waals surface area (Å²) in [5, 5.41) is 11.0.